The monoisotopic (exact) mass is 300 g/mol. The standard InChI is InChI=1S/C14H22F2N4O/c1-3-4-20(9-13(15)16)14(21)12-7-17-6-11(12)10-5-18-19(2)8-10/h5,8,11-13,17H,3-4,6-7,9H2,1-2H3/t11-,12+/m1/s1. The van der Waals surface area contributed by atoms with Gasteiger partial charge in [0.25, 0.3) is 6.43 Å². The second-order valence-corrected chi connectivity index (χ2v) is 5.49. The van der Waals surface area contributed by atoms with Gasteiger partial charge in [0.05, 0.1) is 18.7 Å². The van der Waals surface area contributed by atoms with Crippen LogP contribution in [-0.2, 0) is 11.8 Å². The van der Waals surface area contributed by atoms with Crippen molar-refractivity contribution >= 4 is 5.91 Å². The maximum atomic E-state index is 12.7. The van der Waals surface area contributed by atoms with E-state index >= 15 is 0 Å². The van der Waals surface area contributed by atoms with Gasteiger partial charge in [0, 0.05) is 38.8 Å². The number of aromatic nitrogens is 2. The van der Waals surface area contributed by atoms with Gasteiger partial charge >= 0.3 is 0 Å². The molecule has 0 aromatic carbocycles. The van der Waals surface area contributed by atoms with Gasteiger partial charge in [-0.05, 0) is 12.0 Å². The van der Waals surface area contributed by atoms with E-state index in [1.165, 1.54) is 4.90 Å². The van der Waals surface area contributed by atoms with Crippen LogP contribution >= 0.6 is 0 Å². The zero-order valence-corrected chi connectivity index (χ0v) is 12.4. The third-order valence-electron chi connectivity index (χ3n) is 3.85. The van der Waals surface area contributed by atoms with Crippen molar-refractivity contribution in [2.75, 3.05) is 26.2 Å². The summed E-state index contributed by atoms with van der Waals surface area (Å²) in [4.78, 5) is 13.9. The lowest BCUT2D eigenvalue weighted by Crippen LogP contribution is -2.41. The molecule has 0 unspecified atom stereocenters. The van der Waals surface area contributed by atoms with E-state index in [2.05, 4.69) is 10.4 Å². The van der Waals surface area contributed by atoms with Crippen molar-refractivity contribution in [2.24, 2.45) is 13.0 Å². The lowest BCUT2D eigenvalue weighted by Gasteiger charge is -2.27. The average molecular weight is 300 g/mol. The van der Waals surface area contributed by atoms with Gasteiger partial charge in [-0.3, -0.25) is 9.48 Å². The van der Waals surface area contributed by atoms with Crippen LogP contribution < -0.4 is 5.32 Å². The Morgan fingerprint density at radius 2 is 2.33 bits per heavy atom. The molecule has 2 atom stereocenters. The predicted molar refractivity (Wildman–Crippen MR) is 75.2 cm³/mol. The van der Waals surface area contributed by atoms with E-state index in [1.54, 1.807) is 10.9 Å². The highest BCUT2D eigenvalue weighted by molar-refractivity contribution is 5.80. The minimum absolute atomic E-state index is 0.00299. The molecule has 1 fully saturated rings. The van der Waals surface area contributed by atoms with E-state index in [-0.39, 0.29) is 17.7 Å². The van der Waals surface area contributed by atoms with E-state index in [0.29, 0.717) is 26.1 Å². The molecule has 1 amide bonds. The molecule has 118 valence electrons. The zero-order chi connectivity index (χ0) is 15.4. The molecule has 0 aliphatic carbocycles. The van der Waals surface area contributed by atoms with Gasteiger partial charge in [-0.2, -0.15) is 5.10 Å². The summed E-state index contributed by atoms with van der Waals surface area (Å²) in [7, 11) is 1.82. The van der Waals surface area contributed by atoms with E-state index in [4.69, 9.17) is 0 Å². The summed E-state index contributed by atoms with van der Waals surface area (Å²) in [6.07, 6.45) is 1.81. The molecule has 1 saturated heterocycles. The normalized spacial score (nSPS) is 22.0. The Hall–Kier alpha value is -1.50. The molecule has 2 heterocycles. The maximum Gasteiger partial charge on any atom is 0.255 e. The molecule has 5 nitrogen and oxygen atoms in total. The molecule has 0 radical (unpaired) electrons. The number of hydrogen-bond acceptors (Lipinski definition) is 3. The quantitative estimate of drug-likeness (QED) is 0.859. The summed E-state index contributed by atoms with van der Waals surface area (Å²) in [5.41, 5.74) is 0.981. The number of aryl methyl sites for hydroxylation is 1. The Bertz CT molecular complexity index is 477. The molecule has 1 aliphatic heterocycles. The molecule has 1 aliphatic rings. The van der Waals surface area contributed by atoms with E-state index < -0.39 is 13.0 Å². The molecular formula is C14H22F2N4O. The van der Waals surface area contributed by atoms with Crippen LogP contribution in [-0.4, -0.2) is 53.2 Å². The molecule has 1 N–H and O–H groups in total. The second-order valence-electron chi connectivity index (χ2n) is 5.49. The van der Waals surface area contributed by atoms with Crippen molar-refractivity contribution in [3.63, 3.8) is 0 Å². The minimum Gasteiger partial charge on any atom is -0.337 e. The largest absolute Gasteiger partial charge is 0.337 e. The van der Waals surface area contributed by atoms with Gasteiger partial charge in [0.1, 0.15) is 0 Å². The highest BCUT2D eigenvalue weighted by atomic mass is 19.3. The van der Waals surface area contributed by atoms with E-state index in [1.807, 2.05) is 20.2 Å². The number of nitrogens with one attached hydrogen (secondary N) is 1. The molecule has 7 heteroatoms. The van der Waals surface area contributed by atoms with Crippen LogP contribution in [0.4, 0.5) is 8.78 Å². The van der Waals surface area contributed by atoms with Crippen molar-refractivity contribution in [1.29, 1.82) is 0 Å². The summed E-state index contributed by atoms with van der Waals surface area (Å²) in [6, 6.07) is 0. The molecule has 2 rings (SSSR count). The van der Waals surface area contributed by atoms with Crippen LogP contribution in [0.15, 0.2) is 12.4 Å². The average Bonchev–Trinajstić information content (AvgIpc) is 3.05. The molecule has 1 aromatic rings. The van der Waals surface area contributed by atoms with Crippen LogP contribution in [0.25, 0.3) is 0 Å². The number of hydrogen-bond donors (Lipinski definition) is 1. The summed E-state index contributed by atoms with van der Waals surface area (Å²) in [6.45, 7) is 2.98. The first-order chi connectivity index (χ1) is 10.0. The summed E-state index contributed by atoms with van der Waals surface area (Å²) in [5, 5.41) is 7.32. The van der Waals surface area contributed by atoms with Crippen molar-refractivity contribution in [3.8, 4) is 0 Å². The van der Waals surface area contributed by atoms with Crippen LogP contribution in [0.2, 0.25) is 0 Å². The lowest BCUT2D eigenvalue weighted by molar-refractivity contribution is -0.137. The Morgan fingerprint density at radius 1 is 1.57 bits per heavy atom. The first kappa shape index (κ1) is 15.9. The summed E-state index contributed by atoms with van der Waals surface area (Å²) < 4.78 is 27.0. The third kappa shape index (κ3) is 3.78. The van der Waals surface area contributed by atoms with Gasteiger partial charge < -0.3 is 10.2 Å². The van der Waals surface area contributed by atoms with Gasteiger partial charge in [-0.1, -0.05) is 6.92 Å². The maximum absolute atomic E-state index is 12.7. The highest BCUT2D eigenvalue weighted by Crippen LogP contribution is 2.29. The first-order valence-corrected chi connectivity index (χ1v) is 7.29. The van der Waals surface area contributed by atoms with Crippen molar-refractivity contribution in [1.82, 2.24) is 20.0 Å². The van der Waals surface area contributed by atoms with Crippen LogP contribution in [0.3, 0.4) is 0 Å². The third-order valence-corrected chi connectivity index (χ3v) is 3.85. The smallest absolute Gasteiger partial charge is 0.255 e. The fourth-order valence-electron chi connectivity index (χ4n) is 2.88. The number of halogens is 2. The summed E-state index contributed by atoms with van der Waals surface area (Å²) >= 11 is 0. The second kappa shape index (κ2) is 6.98. The molecule has 21 heavy (non-hydrogen) atoms. The van der Waals surface area contributed by atoms with Crippen LogP contribution in [0.5, 0.6) is 0 Å². The van der Waals surface area contributed by atoms with Crippen LogP contribution in [0.1, 0.15) is 24.8 Å². The number of amides is 1. The van der Waals surface area contributed by atoms with E-state index in [0.717, 1.165) is 5.56 Å². The Balaban J connectivity index is 2.11. The minimum atomic E-state index is -2.49. The number of nitrogens with zero attached hydrogens (tertiary/aromatic N) is 3. The number of alkyl halides is 2. The lowest BCUT2D eigenvalue weighted by atomic mass is 9.89. The fourth-order valence-corrected chi connectivity index (χ4v) is 2.88. The summed E-state index contributed by atoms with van der Waals surface area (Å²) in [5.74, 6) is -0.473. The Labute approximate surface area is 123 Å². The zero-order valence-electron chi connectivity index (χ0n) is 12.4. The van der Waals surface area contributed by atoms with Gasteiger partial charge in [-0.25, -0.2) is 8.78 Å². The molecule has 1 aromatic heterocycles. The highest BCUT2D eigenvalue weighted by Gasteiger charge is 2.37. The number of carbonyl (C=O) groups is 1. The van der Waals surface area contributed by atoms with E-state index in [9.17, 15) is 13.6 Å². The topological polar surface area (TPSA) is 50.2 Å². The van der Waals surface area contributed by atoms with Crippen molar-refractivity contribution in [3.05, 3.63) is 18.0 Å². The Morgan fingerprint density at radius 3 is 2.90 bits per heavy atom. The van der Waals surface area contributed by atoms with Crippen LogP contribution in [0, 0.1) is 5.92 Å². The SMILES string of the molecule is CCCN(CC(F)F)C(=O)[C@H]1CNC[C@@H]1c1cnn(C)c1. The first-order valence-electron chi connectivity index (χ1n) is 7.29. The molecular weight excluding hydrogens is 278 g/mol. The Kier molecular flexibility index (Phi) is 5.27. The van der Waals surface area contributed by atoms with Crippen molar-refractivity contribution < 1.29 is 13.6 Å². The molecule has 0 spiro atoms. The molecule has 0 bridgehead atoms. The van der Waals surface area contributed by atoms with Gasteiger partial charge in [-0.15, -0.1) is 0 Å². The predicted octanol–water partition coefficient (Wildman–Crippen LogP) is 1.23. The molecule has 0 saturated carbocycles. The van der Waals surface area contributed by atoms with Crippen molar-refractivity contribution in [2.45, 2.75) is 25.7 Å². The van der Waals surface area contributed by atoms with Gasteiger partial charge in [0.15, 0.2) is 0 Å². The number of carbonyl (C=O) groups excluding carboxylic acids is 1. The fraction of sp³-hybridized carbons (Fsp3) is 0.714. The number of rotatable bonds is 6. The van der Waals surface area contributed by atoms with Gasteiger partial charge in [0.2, 0.25) is 5.91 Å².